The van der Waals surface area contributed by atoms with E-state index < -0.39 is 10.0 Å². The Bertz CT molecular complexity index is 644. The lowest BCUT2D eigenvalue weighted by Gasteiger charge is -2.25. The molecule has 0 aromatic heterocycles. The van der Waals surface area contributed by atoms with Gasteiger partial charge >= 0.3 is 0 Å². The number of carbonyl (C=O) groups is 1. The number of carbonyl (C=O) groups excluding carboxylic acids is 1. The Hall–Kier alpha value is -1.11. The minimum Gasteiger partial charge on any atom is -0.343 e. The zero-order chi connectivity index (χ0) is 16.3. The number of halogens is 1. The SMILES string of the molecule is CC(C1CC1)N(C)C(=O)CCNS(=O)(=O)c1cccc(Cl)c1. The third-order valence-corrected chi connectivity index (χ3v) is 5.74. The number of rotatable bonds is 7. The van der Waals surface area contributed by atoms with Gasteiger partial charge in [-0.3, -0.25) is 4.79 Å². The highest BCUT2D eigenvalue weighted by Gasteiger charge is 2.32. The summed E-state index contributed by atoms with van der Waals surface area (Å²) in [5.41, 5.74) is 0. The van der Waals surface area contributed by atoms with E-state index in [9.17, 15) is 13.2 Å². The van der Waals surface area contributed by atoms with Gasteiger partial charge < -0.3 is 4.90 Å². The molecule has 1 aromatic rings. The van der Waals surface area contributed by atoms with Crippen molar-refractivity contribution < 1.29 is 13.2 Å². The Balaban J connectivity index is 1.86. The zero-order valence-corrected chi connectivity index (χ0v) is 14.3. The van der Waals surface area contributed by atoms with Crippen LogP contribution < -0.4 is 4.72 Å². The summed E-state index contributed by atoms with van der Waals surface area (Å²) in [6, 6.07) is 6.26. The average Bonchev–Trinajstić information content (AvgIpc) is 3.30. The van der Waals surface area contributed by atoms with Gasteiger partial charge in [-0.15, -0.1) is 0 Å². The molecule has 0 aliphatic heterocycles. The van der Waals surface area contributed by atoms with Gasteiger partial charge in [-0.1, -0.05) is 17.7 Å². The first-order valence-electron chi connectivity index (χ1n) is 7.32. The molecule has 0 spiro atoms. The van der Waals surface area contributed by atoms with Gasteiger partial charge in [0.05, 0.1) is 4.90 Å². The van der Waals surface area contributed by atoms with Crippen molar-refractivity contribution in [3.05, 3.63) is 29.3 Å². The summed E-state index contributed by atoms with van der Waals surface area (Å²) in [5, 5.41) is 0.358. The molecule has 0 heterocycles. The number of nitrogens with zero attached hydrogens (tertiary/aromatic N) is 1. The zero-order valence-electron chi connectivity index (χ0n) is 12.8. The molecule has 1 saturated carbocycles. The predicted octanol–water partition coefficient (Wildman–Crippen LogP) is 2.27. The highest BCUT2D eigenvalue weighted by atomic mass is 35.5. The molecule has 0 radical (unpaired) electrons. The number of amides is 1. The lowest BCUT2D eigenvalue weighted by Crippen LogP contribution is -2.38. The quantitative estimate of drug-likeness (QED) is 0.825. The summed E-state index contributed by atoms with van der Waals surface area (Å²) in [6.07, 6.45) is 2.48. The fourth-order valence-corrected chi connectivity index (χ4v) is 3.64. The third-order valence-electron chi connectivity index (χ3n) is 4.05. The van der Waals surface area contributed by atoms with E-state index in [4.69, 9.17) is 11.6 Å². The molecule has 122 valence electrons. The Kier molecular flexibility index (Phi) is 5.47. The van der Waals surface area contributed by atoms with E-state index in [1.165, 1.54) is 25.0 Å². The second-order valence-electron chi connectivity index (χ2n) is 5.69. The fraction of sp³-hybridized carbons (Fsp3) is 0.533. The normalized spacial score (nSPS) is 16.3. The average molecular weight is 345 g/mol. The van der Waals surface area contributed by atoms with Gasteiger partial charge in [-0.2, -0.15) is 0 Å². The molecule has 1 aromatic carbocycles. The van der Waals surface area contributed by atoms with E-state index in [0.717, 1.165) is 0 Å². The van der Waals surface area contributed by atoms with Gasteiger partial charge in [0.15, 0.2) is 0 Å². The molecule has 0 bridgehead atoms. The first kappa shape index (κ1) is 17.2. The Morgan fingerprint density at radius 1 is 1.45 bits per heavy atom. The van der Waals surface area contributed by atoms with Crippen molar-refractivity contribution in [2.45, 2.75) is 37.1 Å². The molecule has 1 amide bonds. The third kappa shape index (κ3) is 4.44. The molecule has 2 rings (SSSR count). The van der Waals surface area contributed by atoms with Gasteiger partial charge in [-0.05, 0) is 43.9 Å². The lowest BCUT2D eigenvalue weighted by molar-refractivity contribution is -0.131. The molecular formula is C15H21ClN2O3S. The molecule has 1 atom stereocenters. The predicted molar refractivity (Wildman–Crippen MR) is 86.2 cm³/mol. The maximum atomic E-state index is 12.1. The highest BCUT2D eigenvalue weighted by Crippen LogP contribution is 2.34. The van der Waals surface area contributed by atoms with Crippen LogP contribution >= 0.6 is 11.6 Å². The molecular weight excluding hydrogens is 324 g/mol. The van der Waals surface area contributed by atoms with Crippen LogP contribution in [0.25, 0.3) is 0 Å². The number of hydrogen-bond donors (Lipinski definition) is 1. The van der Waals surface area contributed by atoms with E-state index in [0.29, 0.717) is 10.9 Å². The van der Waals surface area contributed by atoms with E-state index in [2.05, 4.69) is 4.72 Å². The van der Waals surface area contributed by atoms with E-state index in [-0.39, 0.29) is 29.8 Å². The smallest absolute Gasteiger partial charge is 0.240 e. The second kappa shape index (κ2) is 6.98. The van der Waals surface area contributed by atoms with Crippen LogP contribution in [0.3, 0.4) is 0 Å². The lowest BCUT2D eigenvalue weighted by atomic mass is 10.2. The van der Waals surface area contributed by atoms with Crippen molar-refractivity contribution in [1.82, 2.24) is 9.62 Å². The second-order valence-corrected chi connectivity index (χ2v) is 7.89. The van der Waals surface area contributed by atoms with Gasteiger partial charge in [0.25, 0.3) is 0 Å². The standard InChI is InChI=1S/C15H21ClN2O3S/c1-11(12-6-7-12)18(2)15(19)8-9-17-22(20,21)14-5-3-4-13(16)10-14/h3-5,10-12,17H,6-9H2,1-2H3. The molecule has 0 saturated heterocycles. The Morgan fingerprint density at radius 3 is 2.73 bits per heavy atom. The molecule has 1 unspecified atom stereocenters. The molecule has 7 heteroatoms. The maximum Gasteiger partial charge on any atom is 0.240 e. The summed E-state index contributed by atoms with van der Waals surface area (Å²) >= 11 is 5.79. The number of sulfonamides is 1. The van der Waals surface area contributed by atoms with Crippen molar-refractivity contribution >= 4 is 27.5 Å². The molecule has 22 heavy (non-hydrogen) atoms. The van der Waals surface area contributed by atoms with Crippen LogP contribution in [0.4, 0.5) is 0 Å². The van der Waals surface area contributed by atoms with Crippen LogP contribution in [0.15, 0.2) is 29.2 Å². The van der Waals surface area contributed by atoms with Crippen molar-refractivity contribution in [2.75, 3.05) is 13.6 Å². The summed E-state index contributed by atoms with van der Waals surface area (Å²) in [6.45, 7) is 2.11. The first-order chi connectivity index (χ1) is 10.3. The van der Waals surface area contributed by atoms with E-state index in [1.54, 1.807) is 24.1 Å². The first-order valence-corrected chi connectivity index (χ1v) is 9.18. The van der Waals surface area contributed by atoms with E-state index in [1.807, 2.05) is 6.92 Å². The van der Waals surface area contributed by atoms with Crippen LogP contribution in [0.2, 0.25) is 5.02 Å². The minimum absolute atomic E-state index is 0.0480. The monoisotopic (exact) mass is 344 g/mol. The summed E-state index contributed by atoms with van der Waals surface area (Å²) in [5.74, 6) is 0.547. The van der Waals surface area contributed by atoms with Crippen molar-refractivity contribution in [2.24, 2.45) is 5.92 Å². The van der Waals surface area contributed by atoms with Crippen molar-refractivity contribution in [3.8, 4) is 0 Å². The van der Waals surface area contributed by atoms with Crippen LogP contribution in [-0.4, -0.2) is 38.9 Å². The fourth-order valence-electron chi connectivity index (χ4n) is 2.31. The topological polar surface area (TPSA) is 66.5 Å². The van der Waals surface area contributed by atoms with Gasteiger partial charge in [0.2, 0.25) is 15.9 Å². The number of hydrogen-bond acceptors (Lipinski definition) is 3. The maximum absolute atomic E-state index is 12.1. The Labute approximate surface area is 136 Å². The molecule has 1 N–H and O–H groups in total. The van der Waals surface area contributed by atoms with Gasteiger partial charge in [0, 0.05) is 31.1 Å². The number of nitrogens with one attached hydrogen (secondary N) is 1. The van der Waals surface area contributed by atoms with Crippen LogP contribution in [0.5, 0.6) is 0 Å². The molecule has 5 nitrogen and oxygen atoms in total. The Morgan fingerprint density at radius 2 is 2.14 bits per heavy atom. The molecule has 1 aliphatic rings. The molecule has 1 fully saturated rings. The summed E-state index contributed by atoms with van der Waals surface area (Å²) in [4.78, 5) is 13.9. The summed E-state index contributed by atoms with van der Waals surface area (Å²) in [7, 11) is -1.86. The van der Waals surface area contributed by atoms with Crippen LogP contribution in [0, 0.1) is 5.92 Å². The molecule has 1 aliphatic carbocycles. The highest BCUT2D eigenvalue weighted by molar-refractivity contribution is 7.89. The van der Waals surface area contributed by atoms with Crippen LogP contribution in [0.1, 0.15) is 26.2 Å². The van der Waals surface area contributed by atoms with Crippen molar-refractivity contribution in [1.29, 1.82) is 0 Å². The number of benzene rings is 1. The van der Waals surface area contributed by atoms with Gasteiger partial charge in [-0.25, -0.2) is 13.1 Å². The van der Waals surface area contributed by atoms with Crippen LogP contribution in [-0.2, 0) is 14.8 Å². The van der Waals surface area contributed by atoms with E-state index >= 15 is 0 Å². The summed E-state index contributed by atoms with van der Waals surface area (Å²) < 4.78 is 26.6. The largest absolute Gasteiger partial charge is 0.343 e. The van der Waals surface area contributed by atoms with Crippen molar-refractivity contribution in [3.63, 3.8) is 0 Å². The minimum atomic E-state index is -3.63. The van der Waals surface area contributed by atoms with Gasteiger partial charge in [0.1, 0.15) is 0 Å².